The maximum atomic E-state index is 9.58. The first-order chi connectivity index (χ1) is 12.7. The van der Waals surface area contributed by atoms with Gasteiger partial charge in [-0.2, -0.15) is 9.64 Å². The lowest BCUT2D eigenvalue weighted by atomic mass is 9.90. The van der Waals surface area contributed by atoms with Gasteiger partial charge < -0.3 is 9.64 Å². The van der Waals surface area contributed by atoms with Crippen LogP contribution in [0.25, 0.3) is 0 Å². The van der Waals surface area contributed by atoms with Gasteiger partial charge in [-0.15, -0.1) is 0 Å². The third kappa shape index (κ3) is 5.08. The number of hydrogen-bond donors (Lipinski definition) is 0. The second-order valence-corrected chi connectivity index (χ2v) is 8.52. The van der Waals surface area contributed by atoms with Crippen molar-refractivity contribution in [2.24, 2.45) is 4.99 Å². The summed E-state index contributed by atoms with van der Waals surface area (Å²) in [4.78, 5) is 6.66. The van der Waals surface area contributed by atoms with Crippen molar-refractivity contribution in [3.05, 3.63) is 34.5 Å². The molecule has 0 radical (unpaired) electrons. The number of nitrogens with zero attached hydrogens (tertiary/aromatic N) is 4. The van der Waals surface area contributed by atoms with Crippen LogP contribution in [0.15, 0.2) is 17.1 Å². The average Bonchev–Trinajstić information content (AvgIpc) is 3.00. The average molecular weight is 385 g/mol. The molecule has 0 N–H and O–H groups in total. The van der Waals surface area contributed by atoms with Crippen molar-refractivity contribution in [1.29, 1.82) is 5.26 Å². The van der Waals surface area contributed by atoms with Gasteiger partial charge in [0.1, 0.15) is 17.4 Å². The third-order valence-corrected chi connectivity index (χ3v) is 4.88. The van der Waals surface area contributed by atoms with Crippen LogP contribution in [-0.4, -0.2) is 29.2 Å². The Morgan fingerprint density at radius 3 is 2.59 bits per heavy atom. The minimum Gasteiger partial charge on any atom is -0.443 e. The van der Waals surface area contributed by atoms with E-state index in [2.05, 4.69) is 27.3 Å². The van der Waals surface area contributed by atoms with Crippen LogP contribution in [0.4, 0.5) is 5.69 Å². The summed E-state index contributed by atoms with van der Waals surface area (Å²) in [6, 6.07) is 6.24. The Morgan fingerprint density at radius 1 is 1.30 bits per heavy atom. The fraction of sp³-hybridized carbons (Fsp3) is 0.476. The second-order valence-electron chi connectivity index (χ2n) is 7.79. The lowest BCUT2D eigenvalue weighted by Crippen LogP contribution is -2.16. The topological polar surface area (TPSA) is 61.5 Å². The largest absolute Gasteiger partial charge is 0.443 e. The number of aromatic nitrogens is 1. The summed E-state index contributed by atoms with van der Waals surface area (Å²) in [5.41, 5.74) is 4.02. The number of hydrogen-bond acceptors (Lipinski definition) is 5. The number of aryl methyl sites for hydroxylation is 2. The highest BCUT2D eigenvalue weighted by Gasteiger charge is 2.26. The molecule has 0 aliphatic carbocycles. The van der Waals surface area contributed by atoms with Crippen LogP contribution in [0.5, 0.6) is 10.8 Å². The van der Waals surface area contributed by atoms with Gasteiger partial charge in [0.25, 0.3) is 0 Å². The van der Waals surface area contributed by atoms with E-state index in [1.54, 1.807) is 0 Å². The minimum absolute atomic E-state index is 0.197. The minimum atomic E-state index is -0.197. The normalized spacial score (nSPS) is 11.6. The van der Waals surface area contributed by atoms with Gasteiger partial charge in [-0.3, -0.25) is 0 Å². The van der Waals surface area contributed by atoms with Gasteiger partial charge in [-0.05, 0) is 43.5 Å². The molecule has 144 valence electrons. The fourth-order valence-electron chi connectivity index (χ4n) is 2.65. The highest BCUT2D eigenvalue weighted by Crippen LogP contribution is 2.38. The summed E-state index contributed by atoms with van der Waals surface area (Å²) in [5, 5.41) is 10.1. The van der Waals surface area contributed by atoms with Gasteiger partial charge in [0, 0.05) is 30.5 Å². The van der Waals surface area contributed by atoms with Crippen molar-refractivity contribution in [1.82, 2.24) is 9.27 Å². The smallest absolute Gasteiger partial charge is 0.218 e. The Kier molecular flexibility index (Phi) is 6.61. The van der Waals surface area contributed by atoms with Gasteiger partial charge in [0.2, 0.25) is 5.06 Å². The number of benzene rings is 1. The zero-order chi connectivity index (χ0) is 20.2. The first-order valence-electron chi connectivity index (χ1n) is 9.11. The van der Waals surface area contributed by atoms with Crippen LogP contribution < -0.4 is 4.74 Å². The molecule has 6 heteroatoms. The predicted octanol–water partition coefficient (Wildman–Crippen LogP) is 5.72. The highest BCUT2D eigenvalue weighted by molar-refractivity contribution is 7.08. The molecule has 0 atom stereocenters. The summed E-state index contributed by atoms with van der Waals surface area (Å²) < 4.78 is 10.5. The maximum Gasteiger partial charge on any atom is 0.218 e. The highest BCUT2D eigenvalue weighted by atomic mass is 32.1. The van der Waals surface area contributed by atoms with Gasteiger partial charge in [0.15, 0.2) is 0 Å². The third-order valence-electron chi connectivity index (χ3n) is 4.15. The van der Waals surface area contributed by atoms with Crippen molar-refractivity contribution in [2.45, 2.75) is 53.4 Å². The summed E-state index contributed by atoms with van der Waals surface area (Å²) in [6.45, 7) is 13.3. The molecule has 0 saturated heterocycles. The lowest BCUT2D eigenvalue weighted by Gasteiger charge is -2.15. The predicted molar refractivity (Wildman–Crippen MR) is 113 cm³/mol. The molecule has 0 amide bonds. The van der Waals surface area contributed by atoms with Crippen LogP contribution in [-0.2, 0) is 5.41 Å². The molecular formula is C21H28N4OS. The zero-order valence-corrected chi connectivity index (χ0v) is 18.1. The molecule has 0 saturated carbocycles. The van der Waals surface area contributed by atoms with Crippen LogP contribution >= 0.6 is 11.5 Å². The van der Waals surface area contributed by atoms with Gasteiger partial charge in [-0.25, -0.2) is 4.99 Å². The molecule has 0 aliphatic rings. The monoisotopic (exact) mass is 384 g/mol. The van der Waals surface area contributed by atoms with E-state index in [-0.39, 0.29) is 5.41 Å². The molecule has 1 aromatic heterocycles. The van der Waals surface area contributed by atoms with E-state index in [4.69, 9.17) is 4.74 Å². The van der Waals surface area contributed by atoms with Crippen molar-refractivity contribution < 1.29 is 4.74 Å². The Bertz CT molecular complexity index is 872. The van der Waals surface area contributed by atoms with Crippen LogP contribution in [0.1, 0.15) is 56.5 Å². The molecule has 0 aliphatic heterocycles. The first-order valence-corrected chi connectivity index (χ1v) is 9.88. The van der Waals surface area contributed by atoms with Crippen molar-refractivity contribution in [2.75, 3.05) is 13.6 Å². The molecule has 1 heterocycles. The molecule has 0 unspecified atom stereocenters. The van der Waals surface area contributed by atoms with E-state index >= 15 is 0 Å². The van der Waals surface area contributed by atoms with Gasteiger partial charge >= 0.3 is 0 Å². The van der Waals surface area contributed by atoms with E-state index in [0.29, 0.717) is 10.6 Å². The molecule has 2 rings (SSSR count). The summed E-state index contributed by atoms with van der Waals surface area (Å²) in [5.74, 6) is 0.731. The van der Waals surface area contributed by atoms with Crippen molar-refractivity contribution >= 4 is 23.6 Å². The van der Waals surface area contributed by atoms with E-state index in [1.807, 2.05) is 60.1 Å². The standard InChI is InChI=1S/C21H28N4OS/c1-8-9-25(7)13-23-17-10-15(3)18(11-14(17)2)26-20-16(12-22)19(24-27-20)21(4,5)6/h10-11,13H,8-9H2,1-7H3/b23-13-. The van der Waals surface area contributed by atoms with Gasteiger partial charge in [0.05, 0.1) is 17.7 Å². The van der Waals surface area contributed by atoms with Crippen LogP contribution in [0.2, 0.25) is 0 Å². The molecule has 0 bridgehead atoms. The second kappa shape index (κ2) is 8.53. The number of ether oxygens (including phenoxy) is 1. The molecule has 2 aromatic rings. The molecular weight excluding hydrogens is 356 g/mol. The Balaban J connectivity index is 2.31. The van der Waals surface area contributed by atoms with Crippen molar-refractivity contribution in [3.8, 4) is 16.9 Å². The molecule has 1 aromatic carbocycles. The Hall–Kier alpha value is -2.39. The number of aliphatic imine (C=N–C) groups is 1. The van der Waals surface area contributed by atoms with Gasteiger partial charge in [-0.1, -0.05) is 27.7 Å². The van der Waals surface area contributed by atoms with Crippen LogP contribution in [0.3, 0.4) is 0 Å². The summed E-state index contributed by atoms with van der Waals surface area (Å²) >= 11 is 1.23. The molecule has 5 nitrogen and oxygen atoms in total. The molecule has 0 spiro atoms. The van der Waals surface area contributed by atoms with Crippen LogP contribution in [0, 0.1) is 25.2 Å². The Labute approximate surface area is 166 Å². The lowest BCUT2D eigenvalue weighted by molar-refractivity contribution is 0.487. The summed E-state index contributed by atoms with van der Waals surface area (Å²) in [7, 11) is 2.02. The summed E-state index contributed by atoms with van der Waals surface area (Å²) in [6.07, 6.45) is 2.94. The maximum absolute atomic E-state index is 9.58. The first kappa shape index (κ1) is 20.9. The van der Waals surface area contributed by atoms with Crippen molar-refractivity contribution in [3.63, 3.8) is 0 Å². The van der Waals surface area contributed by atoms with E-state index in [9.17, 15) is 5.26 Å². The van der Waals surface area contributed by atoms with E-state index in [0.717, 1.165) is 41.2 Å². The van der Waals surface area contributed by atoms with E-state index in [1.165, 1.54) is 11.5 Å². The molecule has 0 fully saturated rings. The Morgan fingerprint density at radius 2 is 2.00 bits per heavy atom. The number of rotatable bonds is 6. The number of nitriles is 1. The fourth-order valence-corrected chi connectivity index (χ4v) is 3.55. The quantitative estimate of drug-likeness (QED) is 0.472. The zero-order valence-electron chi connectivity index (χ0n) is 17.3. The SMILES string of the molecule is CCCN(C)/C=N\c1cc(C)c(Oc2snc(C(C)(C)C)c2C#N)cc1C. The van der Waals surface area contributed by atoms with E-state index < -0.39 is 0 Å². The molecule has 27 heavy (non-hydrogen) atoms.